The van der Waals surface area contributed by atoms with Gasteiger partial charge in [0.2, 0.25) is 5.56 Å². The zero-order valence-corrected chi connectivity index (χ0v) is 12.9. The first kappa shape index (κ1) is 16.9. The van der Waals surface area contributed by atoms with Crippen LogP contribution in [0.25, 0.3) is 0 Å². The van der Waals surface area contributed by atoms with E-state index in [1.165, 1.54) is 50.7 Å². The molecule has 0 fully saturated rings. The molecular weight excluding hydrogens is 316 g/mol. The molecule has 1 aromatic carbocycles. The molecule has 1 amide bonds. The van der Waals surface area contributed by atoms with E-state index in [2.05, 4.69) is 19.8 Å². The van der Waals surface area contributed by atoms with E-state index in [1.54, 1.807) is 0 Å². The Labute approximate surface area is 136 Å². The zero-order valence-electron chi connectivity index (χ0n) is 12.9. The van der Waals surface area contributed by atoms with Gasteiger partial charge in [-0.05, 0) is 24.3 Å². The first-order valence-corrected chi connectivity index (χ1v) is 6.76. The topological polar surface area (TPSA) is 115 Å². The van der Waals surface area contributed by atoms with Crippen molar-refractivity contribution in [2.75, 3.05) is 19.5 Å². The van der Waals surface area contributed by atoms with Crippen LogP contribution in [0.5, 0.6) is 0 Å². The average Bonchev–Trinajstić information content (AvgIpc) is 2.60. The molecule has 1 heterocycles. The molecule has 8 nitrogen and oxygen atoms in total. The second-order valence-electron chi connectivity index (χ2n) is 4.68. The summed E-state index contributed by atoms with van der Waals surface area (Å²) in [5, 5.41) is 2.54. The molecule has 24 heavy (non-hydrogen) atoms. The predicted octanol–water partition coefficient (Wildman–Crippen LogP) is 1.20. The second-order valence-corrected chi connectivity index (χ2v) is 4.68. The van der Waals surface area contributed by atoms with Gasteiger partial charge in [-0.2, -0.15) is 0 Å². The third kappa shape index (κ3) is 3.86. The summed E-state index contributed by atoms with van der Waals surface area (Å²) in [5.41, 5.74) is 0.230. The van der Waals surface area contributed by atoms with E-state index in [9.17, 15) is 19.2 Å². The molecular formula is C16H14N2O6. The van der Waals surface area contributed by atoms with Crippen LogP contribution in [0.2, 0.25) is 0 Å². The van der Waals surface area contributed by atoms with Crippen molar-refractivity contribution >= 4 is 23.5 Å². The number of rotatable bonds is 4. The van der Waals surface area contributed by atoms with Crippen LogP contribution in [0.1, 0.15) is 31.1 Å². The number of aromatic nitrogens is 1. The minimum absolute atomic E-state index is 0.0807. The largest absolute Gasteiger partial charge is 0.465 e. The number of carbonyl (C=O) groups excluding carboxylic acids is 3. The van der Waals surface area contributed by atoms with Crippen LogP contribution in [0, 0.1) is 0 Å². The number of nitrogens with one attached hydrogen (secondary N) is 2. The van der Waals surface area contributed by atoms with E-state index in [4.69, 9.17) is 0 Å². The Kier molecular flexibility index (Phi) is 5.10. The fourth-order valence-electron chi connectivity index (χ4n) is 1.93. The molecule has 2 N–H and O–H groups in total. The van der Waals surface area contributed by atoms with Crippen molar-refractivity contribution in [1.29, 1.82) is 0 Å². The van der Waals surface area contributed by atoms with E-state index >= 15 is 0 Å². The molecule has 124 valence electrons. The van der Waals surface area contributed by atoms with Crippen LogP contribution < -0.4 is 10.9 Å². The molecule has 2 rings (SSSR count). The van der Waals surface area contributed by atoms with Crippen LogP contribution >= 0.6 is 0 Å². The van der Waals surface area contributed by atoms with Crippen LogP contribution in [0.4, 0.5) is 5.69 Å². The van der Waals surface area contributed by atoms with Gasteiger partial charge in [0.05, 0.1) is 30.9 Å². The van der Waals surface area contributed by atoms with Crippen molar-refractivity contribution in [1.82, 2.24) is 4.98 Å². The SMILES string of the molecule is COC(=O)c1cc(NC(=O)c2ccc(=O)[nH]c2)cc(C(=O)OC)c1. The molecule has 0 aliphatic rings. The molecule has 0 saturated carbocycles. The number of carbonyl (C=O) groups is 3. The lowest BCUT2D eigenvalue weighted by Crippen LogP contribution is -2.16. The molecule has 0 unspecified atom stereocenters. The summed E-state index contributed by atoms with van der Waals surface area (Å²) in [6.07, 6.45) is 1.25. The summed E-state index contributed by atoms with van der Waals surface area (Å²) in [6, 6.07) is 6.58. The number of amides is 1. The molecule has 8 heteroatoms. The number of aromatic amines is 1. The number of benzene rings is 1. The van der Waals surface area contributed by atoms with Gasteiger partial charge in [-0.1, -0.05) is 0 Å². The lowest BCUT2D eigenvalue weighted by atomic mass is 10.1. The maximum atomic E-state index is 12.2. The lowest BCUT2D eigenvalue weighted by Gasteiger charge is -2.09. The van der Waals surface area contributed by atoms with Crippen LogP contribution in [-0.4, -0.2) is 37.0 Å². The van der Waals surface area contributed by atoms with E-state index in [0.717, 1.165) is 0 Å². The number of anilines is 1. The van der Waals surface area contributed by atoms with Gasteiger partial charge in [-0.25, -0.2) is 9.59 Å². The second kappa shape index (κ2) is 7.23. The Morgan fingerprint density at radius 1 is 0.917 bits per heavy atom. The maximum absolute atomic E-state index is 12.2. The minimum Gasteiger partial charge on any atom is -0.465 e. The highest BCUT2D eigenvalue weighted by atomic mass is 16.5. The highest BCUT2D eigenvalue weighted by Crippen LogP contribution is 2.17. The molecule has 0 radical (unpaired) electrons. The number of H-pyrrole nitrogens is 1. The molecule has 0 atom stereocenters. The number of hydrogen-bond donors (Lipinski definition) is 2. The Bertz CT molecular complexity index is 801. The first-order chi connectivity index (χ1) is 11.4. The van der Waals surface area contributed by atoms with Gasteiger partial charge in [0.25, 0.3) is 5.91 Å². The van der Waals surface area contributed by atoms with E-state index < -0.39 is 17.8 Å². The van der Waals surface area contributed by atoms with Crippen LogP contribution in [0.3, 0.4) is 0 Å². The fraction of sp³-hybridized carbons (Fsp3) is 0.125. The van der Waals surface area contributed by atoms with Crippen molar-refractivity contribution in [3.63, 3.8) is 0 Å². The van der Waals surface area contributed by atoms with Crippen molar-refractivity contribution in [3.8, 4) is 0 Å². The number of methoxy groups -OCH3 is 2. The summed E-state index contributed by atoms with van der Waals surface area (Å²) in [4.78, 5) is 48.9. The Morgan fingerprint density at radius 3 is 1.96 bits per heavy atom. The monoisotopic (exact) mass is 330 g/mol. The molecule has 0 spiro atoms. The molecule has 0 saturated heterocycles. The third-order valence-corrected chi connectivity index (χ3v) is 3.08. The van der Waals surface area contributed by atoms with Crippen molar-refractivity contribution in [2.24, 2.45) is 0 Å². The smallest absolute Gasteiger partial charge is 0.337 e. The van der Waals surface area contributed by atoms with Gasteiger partial charge in [0, 0.05) is 18.0 Å². The third-order valence-electron chi connectivity index (χ3n) is 3.08. The summed E-state index contributed by atoms with van der Waals surface area (Å²) in [7, 11) is 2.40. The van der Waals surface area contributed by atoms with Gasteiger partial charge < -0.3 is 19.8 Å². The van der Waals surface area contributed by atoms with Crippen molar-refractivity contribution in [2.45, 2.75) is 0 Å². The first-order valence-electron chi connectivity index (χ1n) is 6.76. The molecule has 2 aromatic rings. The van der Waals surface area contributed by atoms with Gasteiger partial charge in [0.15, 0.2) is 0 Å². The van der Waals surface area contributed by atoms with Crippen LogP contribution in [-0.2, 0) is 9.47 Å². The molecule has 1 aromatic heterocycles. The minimum atomic E-state index is -0.666. The molecule has 0 bridgehead atoms. The maximum Gasteiger partial charge on any atom is 0.337 e. The number of ether oxygens (including phenoxy) is 2. The highest BCUT2D eigenvalue weighted by Gasteiger charge is 2.15. The quantitative estimate of drug-likeness (QED) is 0.814. The predicted molar refractivity (Wildman–Crippen MR) is 84.1 cm³/mol. The normalized spacial score (nSPS) is 9.92. The van der Waals surface area contributed by atoms with Crippen molar-refractivity contribution in [3.05, 3.63) is 63.6 Å². The Balaban J connectivity index is 2.35. The average molecular weight is 330 g/mol. The Hall–Kier alpha value is -3.42. The standard InChI is InChI=1S/C16H14N2O6/c1-23-15(21)10-5-11(16(22)24-2)7-12(6-10)18-14(20)9-3-4-13(19)17-8-9/h3-8H,1-2H3,(H,17,19)(H,18,20). The number of pyridine rings is 1. The van der Waals surface area contributed by atoms with Gasteiger partial charge >= 0.3 is 11.9 Å². The fourth-order valence-corrected chi connectivity index (χ4v) is 1.93. The summed E-state index contributed by atoms with van der Waals surface area (Å²) < 4.78 is 9.24. The summed E-state index contributed by atoms with van der Waals surface area (Å²) in [5.74, 6) is -1.86. The Morgan fingerprint density at radius 2 is 1.50 bits per heavy atom. The zero-order chi connectivity index (χ0) is 17.7. The number of esters is 2. The highest BCUT2D eigenvalue weighted by molar-refractivity contribution is 6.05. The van der Waals surface area contributed by atoms with E-state index in [1.807, 2.05) is 0 Å². The van der Waals surface area contributed by atoms with E-state index in [-0.39, 0.29) is 27.9 Å². The molecule has 0 aliphatic carbocycles. The summed E-state index contributed by atoms with van der Waals surface area (Å²) in [6.45, 7) is 0. The van der Waals surface area contributed by atoms with Gasteiger partial charge in [0.1, 0.15) is 0 Å². The van der Waals surface area contributed by atoms with Gasteiger partial charge in [-0.15, -0.1) is 0 Å². The summed E-state index contributed by atoms with van der Waals surface area (Å²) >= 11 is 0. The van der Waals surface area contributed by atoms with Crippen LogP contribution in [0.15, 0.2) is 41.3 Å². The van der Waals surface area contributed by atoms with E-state index in [0.29, 0.717) is 0 Å². The van der Waals surface area contributed by atoms with Gasteiger partial charge in [-0.3, -0.25) is 9.59 Å². The lowest BCUT2D eigenvalue weighted by molar-refractivity contribution is 0.0599. The number of hydrogen-bond acceptors (Lipinski definition) is 6. The van der Waals surface area contributed by atoms with Crippen molar-refractivity contribution < 1.29 is 23.9 Å². The molecule has 0 aliphatic heterocycles.